The first kappa shape index (κ1) is 16.7. The Hall–Kier alpha value is -1.66. The van der Waals surface area contributed by atoms with E-state index in [1.165, 1.54) is 0 Å². The molecule has 6 heteroatoms. The summed E-state index contributed by atoms with van der Waals surface area (Å²) in [5, 5.41) is 0. The third-order valence-electron chi connectivity index (χ3n) is 3.48. The van der Waals surface area contributed by atoms with Crippen LogP contribution >= 0.6 is 11.3 Å². The highest BCUT2D eigenvalue weighted by Crippen LogP contribution is 2.34. The molecule has 1 aromatic rings. The van der Waals surface area contributed by atoms with Gasteiger partial charge in [0.05, 0.1) is 10.6 Å². The summed E-state index contributed by atoms with van der Waals surface area (Å²) in [6.07, 6.45) is 4.24. The number of carbonyl (C=O) groups excluding carboxylic acids is 1. The number of hydrogen-bond acceptors (Lipinski definition) is 5. The van der Waals surface area contributed by atoms with Gasteiger partial charge in [-0.15, -0.1) is 11.3 Å². The van der Waals surface area contributed by atoms with E-state index in [1.807, 2.05) is 17.0 Å². The highest BCUT2D eigenvalue weighted by molar-refractivity contribution is 7.13. The van der Waals surface area contributed by atoms with Gasteiger partial charge < -0.3 is 16.4 Å². The van der Waals surface area contributed by atoms with Crippen molar-refractivity contribution in [1.82, 2.24) is 4.90 Å². The van der Waals surface area contributed by atoms with Crippen LogP contribution in [0.2, 0.25) is 0 Å². The van der Waals surface area contributed by atoms with Crippen LogP contribution in [-0.4, -0.2) is 29.7 Å². The highest BCUT2D eigenvalue weighted by Gasteiger charge is 2.21. The molecule has 4 N–H and O–H groups in total. The number of aliphatic imine (C=N–C) groups is 1. The first-order valence-electron chi connectivity index (χ1n) is 7.74. The zero-order valence-corrected chi connectivity index (χ0v) is 14.1. The maximum atomic E-state index is 12.8. The van der Waals surface area contributed by atoms with E-state index < -0.39 is 0 Å². The van der Waals surface area contributed by atoms with Crippen LogP contribution in [0.4, 0.5) is 5.69 Å². The molecule has 0 atom stereocenters. The Morgan fingerprint density at radius 1 is 1.36 bits per heavy atom. The fourth-order valence-electron chi connectivity index (χ4n) is 2.53. The molecule has 120 valence electrons. The molecule has 1 aliphatic heterocycles. The standard InChI is InChI=1S/C16H24N4OS/c1-3-5-20(6-4-2)16(21)11-7-14-13(19-15(18)8-11)9-12(10-17)22-14/h7,9H,3-6,8,10,17H2,1-2H3,(H2,18,19). The van der Waals surface area contributed by atoms with E-state index in [-0.39, 0.29) is 5.91 Å². The minimum absolute atomic E-state index is 0.0670. The van der Waals surface area contributed by atoms with Crippen molar-refractivity contribution in [2.75, 3.05) is 13.1 Å². The van der Waals surface area contributed by atoms with Crippen LogP contribution in [0.5, 0.6) is 0 Å². The summed E-state index contributed by atoms with van der Waals surface area (Å²) in [5.74, 6) is 0.546. The fourth-order valence-corrected chi connectivity index (χ4v) is 3.48. The minimum atomic E-state index is 0.0670. The quantitative estimate of drug-likeness (QED) is 0.845. The van der Waals surface area contributed by atoms with Gasteiger partial charge in [0, 0.05) is 36.5 Å². The number of nitrogens with zero attached hydrogens (tertiary/aromatic N) is 2. The van der Waals surface area contributed by atoms with Gasteiger partial charge in [-0.05, 0) is 25.0 Å². The molecule has 1 aliphatic rings. The number of amides is 1. The number of thiophene rings is 1. The van der Waals surface area contributed by atoms with Gasteiger partial charge in [-0.25, -0.2) is 4.99 Å². The Morgan fingerprint density at radius 2 is 2.05 bits per heavy atom. The third-order valence-corrected chi connectivity index (χ3v) is 4.58. The molecule has 2 rings (SSSR count). The van der Waals surface area contributed by atoms with E-state index in [0.29, 0.717) is 24.4 Å². The first-order valence-corrected chi connectivity index (χ1v) is 8.56. The van der Waals surface area contributed by atoms with E-state index >= 15 is 0 Å². The van der Waals surface area contributed by atoms with Gasteiger partial charge in [-0.3, -0.25) is 4.79 Å². The van der Waals surface area contributed by atoms with Gasteiger partial charge in [0.1, 0.15) is 5.84 Å². The summed E-state index contributed by atoms with van der Waals surface area (Å²) in [5.41, 5.74) is 13.2. The van der Waals surface area contributed by atoms with Crippen LogP contribution in [0.1, 0.15) is 42.9 Å². The highest BCUT2D eigenvalue weighted by atomic mass is 32.1. The number of fused-ring (bicyclic) bond motifs is 1. The number of amidine groups is 1. The van der Waals surface area contributed by atoms with Crippen molar-refractivity contribution in [2.45, 2.75) is 39.7 Å². The number of carbonyl (C=O) groups is 1. The van der Waals surface area contributed by atoms with E-state index in [4.69, 9.17) is 11.5 Å². The maximum absolute atomic E-state index is 12.8. The second kappa shape index (κ2) is 7.56. The largest absolute Gasteiger partial charge is 0.387 e. The molecule has 0 aromatic carbocycles. The Morgan fingerprint density at radius 3 is 2.64 bits per heavy atom. The number of rotatable bonds is 6. The van der Waals surface area contributed by atoms with Crippen molar-refractivity contribution in [1.29, 1.82) is 0 Å². The summed E-state index contributed by atoms with van der Waals surface area (Å²) in [6.45, 7) is 6.18. The predicted octanol–water partition coefficient (Wildman–Crippen LogP) is 2.63. The molecular formula is C16H24N4OS. The third kappa shape index (κ3) is 3.75. The van der Waals surface area contributed by atoms with Crippen molar-refractivity contribution in [3.8, 4) is 0 Å². The lowest BCUT2D eigenvalue weighted by atomic mass is 10.1. The SMILES string of the molecule is CCCN(CCC)C(=O)C1=Cc2sc(CN)cc2N=C(N)C1. The van der Waals surface area contributed by atoms with Crippen LogP contribution in [-0.2, 0) is 11.3 Å². The van der Waals surface area contributed by atoms with Crippen molar-refractivity contribution < 1.29 is 4.79 Å². The molecule has 5 nitrogen and oxygen atoms in total. The topological polar surface area (TPSA) is 84.7 Å². The van der Waals surface area contributed by atoms with Gasteiger partial charge >= 0.3 is 0 Å². The molecule has 2 heterocycles. The molecule has 1 amide bonds. The second-order valence-electron chi connectivity index (χ2n) is 5.41. The Balaban J connectivity index is 2.33. The van der Waals surface area contributed by atoms with Gasteiger partial charge in [-0.2, -0.15) is 0 Å². The van der Waals surface area contributed by atoms with E-state index in [0.717, 1.165) is 41.4 Å². The lowest BCUT2D eigenvalue weighted by molar-refractivity contribution is -0.127. The zero-order chi connectivity index (χ0) is 16.1. The van der Waals surface area contributed by atoms with Gasteiger partial charge in [0.2, 0.25) is 5.91 Å². The summed E-state index contributed by atoms with van der Waals surface area (Å²) in [6, 6.07) is 1.95. The summed E-state index contributed by atoms with van der Waals surface area (Å²) >= 11 is 1.58. The normalized spacial score (nSPS) is 14.0. The van der Waals surface area contributed by atoms with Crippen LogP contribution in [0.15, 0.2) is 16.6 Å². The van der Waals surface area contributed by atoms with Gasteiger partial charge in [0.15, 0.2) is 0 Å². The summed E-state index contributed by atoms with van der Waals surface area (Å²) in [7, 11) is 0. The van der Waals surface area contributed by atoms with E-state index in [9.17, 15) is 4.79 Å². The average Bonchev–Trinajstić information content (AvgIpc) is 2.80. The molecule has 0 fully saturated rings. The van der Waals surface area contributed by atoms with Crippen LogP contribution in [0.3, 0.4) is 0 Å². The predicted molar refractivity (Wildman–Crippen MR) is 93.2 cm³/mol. The van der Waals surface area contributed by atoms with Crippen LogP contribution in [0, 0.1) is 0 Å². The van der Waals surface area contributed by atoms with E-state index in [1.54, 1.807) is 11.3 Å². The van der Waals surface area contributed by atoms with E-state index in [2.05, 4.69) is 18.8 Å². The second-order valence-corrected chi connectivity index (χ2v) is 6.58. The van der Waals surface area contributed by atoms with Crippen molar-refractivity contribution >= 4 is 34.8 Å². The first-order chi connectivity index (χ1) is 10.6. The monoisotopic (exact) mass is 320 g/mol. The molecule has 0 spiro atoms. The van der Waals surface area contributed by atoms with Crippen molar-refractivity contribution in [3.63, 3.8) is 0 Å². The maximum Gasteiger partial charge on any atom is 0.250 e. The minimum Gasteiger partial charge on any atom is -0.387 e. The Labute approximate surface area is 135 Å². The molecule has 0 radical (unpaired) electrons. The van der Waals surface area contributed by atoms with Gasteiger partial charge in [-0.1, -0.05) is 13.8 Å². The lowest BCUT2D eigenvalue weighted by Gasteiger charge is -2.22. The fraction of sp³-hybridized carbons (Fsp3) is 0.500. The molecule has 0 bridgehead atoms. The van der Waals surface area contributed by atoms with Crippen LogP contribution < -0.4 is 11.5 Å². The molecule has 0 saturated carbocycles. The summed E-state index contributed by atoms with van der Waals surface area (Å²) < 4.78 is 0. The smallest absolute Gasteiger partial charge is 0.250 e. The number of nitrogens with two attached hydrogens (primary N) is 2. The Bertz CT molecular complexity index is 597. The van der Waals surface area contributed by atoms with Crippen molar-refractivity contribution in [3.05, 3.63) is 21.4 Å². The lowest BCUT2D eigenvalue weighted by Crippen LogP contribution is -2.34. The molecule has 0 unspecified atom stereocenters. The molecular weight excluding hydrogens is 296 g/mol. The van der Waals surface area contributed by atoms with Crippen molar-refractivity contribution in [2.24, 2.45) is 16.5 Å². The Kier molecular flexibility index (Phi) is 5.74. The van der Waals surface area contributed by atoms with Gasteiger partial charge in [0.25, 0.3) is 0 Å². The van der Waals surface area contributed by atoms with Crippen LogP contribution in [0.25, 0.3) is 6.08 Å². The number of hydrogen-bond donors (Lipinski definition) is 2. The molecule has 0 aliphatic carbocycles. The molecule has 0 saturated heterocycles. The molecule has 22 heavy (non-hydrogen) atoms. The zero-order valence-electron chi connectivity index (χ0n) is 13.3. The average molecular weight is 320 g/mol. The molecule has 1 aromatic heterocycles. The summed E-state index contributed by atoms with van der Waals surface area (Å²) in [4.78, 5) is 21.1.